The number of imidazole rings is 1. The number of carbonyl (C=O) groups is 1. The molecule has 5 nitrogen and oxygen atoms in total. The van der Waals surface area contributed by atoms with Gasteiger partial charge in [0.05, 0.1) is 29.0 Å². The molecule has 0 radical (unpaired) electrons. The molecule has 0 saturated carbocycles. The van der Waals surface area contributed by atoms with Crippen LogP contribution in [-0.4, -0.2) is 46.2 Å². The summed E-state index contributed by atoms with van der Waals surface area (Å²) in [5, 5.41) is 3.00. The number of alkyl halides is 3. The Morgan fingerprint density at radius 2 is 2.00 bits per heavy atom. The number of hydrogen-bond acceptors (Lipinski definition) is 3. The van der Waals surface area contributed by atoms with Gasteiger partial charge in [-0.2, -0.15) is 13.2 Å². The zero-order chi connectivity index (χ0) is 19.8. The Labute approximate surface area is 156 Å². The van der Waals surface area contributed by atoms with Gasteiger partial charge in [0.15, 0.2) is 0 Å². The van der Waals surface area contributed by atoms with Crippen LogP contribution in [0, 0.1) is 5.92 Å². The molecule has 1 fully saturated rings. The Balaban J connectivity index is 1.72. The first-order valence-electron chi connectivity index (χ1n) is 9.10. The van der Waals surface area contributed by atoms with Gasteiger partial charge in [0.25, 0.3) is 0 Å². The van der Waals surface area contributed by atoms with Crippen LogP contribution >= 0.6 is 0 Å². The van der Waals surface area contributed by atoms with Gasteiger partial charge in [-0.3, -0.25) is 9.69 Å². The van der Waals surface area contributed by atoms with Crippen LogP contribution in [0.15, 0.2) is 24.3 Å². The Morgan fingerprint density at radius 1 is 1.30 bits per heavy atom. The summed E-state index contributed by atoms with van der Waals surface area (Å²) in [7, 11) is 1.89. The molecule has 2 aromatic rings. The fourth-order valence-electron chi connectivity index (χ4n) is 3.84. The largest absolute Gasteiger partial charge is 0.401 e. The van der Waals surface area contributed by atoms with E-state index in [-0.39, 0.29) is 12.5 Å². The first-order valence-corrected chi connectivity index (χ1v) is 9.10. The molecule has 1 aliphatic heterocycles. The number of rotatable bonds is 4. The number of benzene rings is 1. The molecule has 8 heteroatoms. The highest BCUT2D eigenvalue weighted by Crippen LogP contribution is 2.26. The van der Waals surface area contributed by atoms with Crippen molar-refractivity contribution in [1.82, 2.24) is 19.8 Å². The average molecular weight is 382 g/mol. The van der Waals surface area contributed by atoms with E-state index < -0.39 is 24.2 Å². The van der Waals surface area contributed by atoms with Crippen LogP contribution in [0.1, 0.15) is 32.5 Å². The lowest BCUT2D eigenvalue weighted by Crippen LogP contribution is -2.50. The van der Waals surface area contributed by atoms with Crippen LogP contribution in [0.5, 0.6) is 0 Å². The van der Waals surface area contributed by atoms with E-state index in [1.807, 2.05) is 49.7 Å². The van der Waals surface area contributed by atoms with Gasteiger partial charge in [0.2, 0.25) is 5.91 Å². The van der Waals surface area contributed by atoms with Crippen LogP contribution in [0.2, 0.25) is 0 Å². The molecule has 1 aromatic carbocycles. The van der Waals surface area contributed by atoms with Gasteiger partial charge in [-0.15, -0.1) is 0 Å². The summed E-state index contributed by atoms with van der Waals surface area (Å²) in [6.45, 7) is 3.26. The average Bonchev–Trinajstić information content (AvgIpc) is 2.91. The second-order valence-corrected chi connectivity index (χ2v) is 7.79. The van der Waals surface area contributed by atoms with E-state index in [1.165, 1.54) is 4.90 Å². The molecule has 2 heterocycles. The minimum Gasteiger partial charge on any atom is -0.344 e. The van der Waals surface area contributed by atoms with Crippen molar-refractivity contribution in [3.8, 4) is 0 Å². The third kappa shape index (κ3) is 4.43. The van der Waals surface area contributed by atoms with Gasteiger partial charge in [-0.05, 0) is 45.4 Å². The third-order valence-electron chi connectivity index (χ3n) is 5.06. The maximum Gasteiger partial charge on any atom is 0.401 e. The van der Waals surface area contributed by atoms with Gasteiger partial charge < -0.3 is 9.88 Å². The van der Waals surface area contributed by atoms with Gasteiger partial charge in [0, 0.05) is 13.6 Å². The second kappa shape index (κ2) is 7.14. The number of nitrogens with zero attached hydrogens (tertiary/aromatic N) is 3. The fourth-order valence-corrected chi connectivity index (χ4v) is 3.84. The molecule has 1 saturated heterocycles. The van der Waals surface area contributed by atoms with Crippen molar-refractivity contribution in [3.05, 3.63) is 30.1 Å². The van der Waals surface area contributed by atoms with Gasteiger partial charge in [-0.25, -0.2) is 4.98 Å². The maximum absolute atomic E-state index is 12.8. The predicted octanol–water partition coefficient (Wildman–Crippen LogP) is 3.20. The molecule has 27 heavy (non-hydrogen) atoms. The number of likely N-dealkylation sites (tertiary alicyclic amines) is 1. The van der Waals surface area contributed by atoms with Crippen molar-refractivity contribution in [2.24, 2.45) is 13.0 Å². The normalized spacial score (nSPS) is 19.4. The van der Waals surface area contributed by atoms with Crippen LogP contribution in [0.3, 0.4) is 0 Å². The monoisotopic (exact) mass is 382 g/mol. The Bertz CT molecular complexity index is 828. The molecule has 1 atom stereocenters. The SMILES string of the molecule is Cn1c(C(C)(C)NC(=O)C2CCCN(CC(F)(F)F)C2)nc2ccccc21. The molecule has 0 bridgehead atoms. The summed E-state index contributed by atoms with van der Waals surface area (Å²) < 4.78 is 39.9. The summed E-state index contributed by atoms with van der Waals surface area (Å²) in [5.41, 5.74) is 1.06. The maximum atomic E-state index is 12.8. The molecule has 1 N–H and O–H groups in total. The molecule has 148 valence electrons. The number of carbonyl (C=O) groups excluding carboxylic acids is 1. The number of fused-ring (bicyclic) bond motifs is 1. The van der Waals surface area contributed by atoms with E-state index in [4.69, 9.17) is 0 Å². The van der Waals surface area contributed by atoms with E-state index >= 15 is 0 Å². The quantitative estimate of drug-likeness (QED) is 0.884. The molecule has 1 unspecified atom stereocenters. The van der Waals surface area contributed by atoms with Crippen molar-refractivity contribution in [2.75, 3.05) is 19.6 Å². The number of para-hydroxylation sites is 2. The van der Waals surface area contributed by atoms with Crippen LogP contribution < -0.4 is 5.32 Å². The topological polar surface area (TPSA) is 50.2 Å². The molecule has 0 spiro atoms. The Hall–Kier alpha value is -2.09. The first kappa shape index (κ1) is 19.7. The number of nitrogens with one attached hydrogen (secondary N) is 1. The minimum absolute atomic E-state index is 0.129. The van der Waals surface area contributed by atoms with E-state index in [0.717, 1.165) is 11.0 Å². The van der Waals surface area contributed by atoms with Crippen molar-refractivity contribution < 1.29 is 18.0 Å². The predicted molar refractivity (Wildman–Crippen MR) is 97.1 cm³/mol. The Morgan fingerprint density at radius 3 is 2.67 bits per heavy atom. The third-order valence-corrected chi connectivity index (χ3v) is 5.06. The molecule has 0 aliphatic carbocycles. The smallest absolute Gasteiger partial charge is 0.344 e. The molecule has 1 amide bonds. The zero-order valence-electron chi connectivity index (χ0n) is 15.8. The fraction of sp³-hybridized carbons (Fsp3) is 0.579. The highest BCUT2D eigenvalue weighted by atomic mass is 19.4. The summed E-state index contributed by atoms with van der Waals surface area (Å²) in [6.07, 6.45) is -3.07. The highest BCUT2D eigenvalue weighted by molar-refractivity contribution is 5.80. The molecule has 1 aromatic heterocycles. The number of halogens is 3. The van der Waals surface area contributed by atoms with Crippen LogP contribution in [0.4, 0.5) is 13.2 Å². The first-order chi connectivity index (χ1) is 12.6. The minimum atomic E-state index is -4.25. The number of piperidine rings is 1. The van der Waals surface area contributed by atoms with Crippen molar-refractivity contribution in [3.63, 3.8) is 0 Å². The molecule has 1 aliphatic rings. The van der Waals surface area contributed by atoms with E-state index in [0.29, 0.717) is 25.2 Å². The van der Waals surface area contributed by atoms with Crippen molar-refractivity contribution in [1.29, 1.82) is 0 Å². The second-order valence-electron chi connectivity index (χ2n) is 7.79. The lowest BCUT2D eigenvalue weighted by Gasteiger charge is -2.34. The lowest BCUT2D eigenvalue weighted by molar-refractivity contribution is -0.152. The Kier molecular flexibility index (Phi) is 5.20. The molecule has 3 rings (SSSR count). The summed E-state index contributed by atoms with van der Waals surface area (Å²) in [6, 6.07) is 7.70. The van der Waals surface area contributed by atoms with Gasteiger partial charge in [-0.1, -0.05) is 12.1 Å². The zero-order valence-corrected chi connectivity index (χ0v) is 15.8. The van der Waals surface area contributed by atoms with E-state index in [2.05, 4.69) is 10.3 Å². The van der Waals surface area contributed by atoms with Gasteiger partial charge in [0.1, 0.15) is 5.82 Å². The summed E-state index contributed by atoms with van der Waals surface area (Å²) >= 11 is 0. The highest BCUT2D eigenvalue weighted by Gasteiger charge is 2.36. The number of amides is 1. The molecular formula is C19H25F3N4O. The van der Waals surface area contributed by atoms with Crippen molar-refractivity contribution in [2.45, 2.75) is 38.4 Å². The molecular weight excluding hydrogens is 357 g/mol. The van der Waals surface area contributed by atoms with E-state index in [9.17, 15) is 18.0 Å². The summed E-state index contributed by atoms with van der Waals surface area (Å²) in [4.78, 5) is 18.7. The van der Waals surface area contributed by atoms with Crippen LogP contribution in [0.25, 0.3) is 11.0 Å². The number of hydrogen-bond donors (Lipinski definition) is 1. The van der Waals surface area contributed by atoms with Crippen LogP contribution in [-0.2, 0) is 17.4 Å². The van der Waals surface area contributed by atoms with Gasteiger partial charge >= 0.3 is 6.18 Å². The lowest BCUT2D eigenvalue weighted by atomic mass is 9.95. The standard InChI is InChI=1S/C19H25F3N4O/c1-18(2,17-23-14-8-4-5-9-15(14)25(17)3)24-16(27)13-7-6-10-26(11-13)12-19(20,21)22/h4-5,8-9,13H,6-7,10-12H2,1-3H3,(H,24,27). The number of aryl methyl sites for hydroxylation is 1. The van der Waals surface area contributed by atoms with E-state index in [1.54, 1.807) is 0 Å². The summed E-state index contributed by atoms with van der Waals surface area (Å²) in [5.74, 6) is 0.0361. The van der Waals surface area contributed by atoms with Crippen molar-refractivity contribution >= 4 is 16.9 Å². The number of aromatic nitrogens is 2.